The zero-order valence-corrected chi connectivity index (χ0v) is 23.9. The van der Waals surface area contributed by atoms with Crippen LogP contribution in [0, 0.1) is 62.6 Å². The molecule has 0 aromatic rings. The molecule has 0 nitrogen and oxygen atoms in total. The van der Waals surface area contributed by atoms with Crippen LogP contribution in [0.15, 0.2) is 0 Å². The number of hydrogen-bond donors (Lipinski definition) is 0. The molecule has 5 saturated carbocycles. The maximum Gasteiger partial charge on any atom is -0.0235 e. The quantitative estimate of drug-likeness (QED) is 0.396. The van der Waals surface area contributed by atoms with Gasteiger partial charge in [-0.3, -0.25) is 0 Å². The van der Waals surface area contributed by atoms with Crippen molar-refractivity contribution in [2.24, 2.45) is 62.6 Å². The standard InChI is InChI=1S/C33H58/c1-9-10-12-23(2)24-15-20-30(5)25(24)16-21-32(7)27(30)13-14-28-31(6)19-11-18-29(3,4)26(31)17-22-33(28,32)8/h23-28H,9-22H2,1-8H3/t23?,24-,25?,26?,27?,28?,30-,31?,32?,33?/m0/s1. The Bertz CT molecular complexity index is 734. The van der Waals surface area contributed by atoms with Crippen molar-refractivity contribution < 1.29 is 0 Å². The molecule has 10 atom stereocenters. The third-order valence-corrected chi connectivity index (χ3v) is 14.5. The molecule has 5 aliphatic rings. The fraction of sp³-hybridized carbons (Fsp3) is 1.00. The average molecular weight is 455 g/mol. The lowest BCUT2D eigenvalue weighted by Gasteiger charge is -2.73. The normalized spacial score (nSPS) is 54.0. The highest BCUT2D eigenvalue weighted by atomic mass is 14.7. The molecule has 8 unspecified atom stereocenters. The van der Waals surface area contributed by atoms with Crippen LogP contribution in [0.2, 0.25) is 0 Å². The second kappa shape index (κ2) is 8.00. The largest absolute Gasteiger partial charge is 0.0654 e. The van der Waals surface area contributed by atoms with Gasteiger partial charge in [-0.25, -0.2) is 0 Å². The fourth-order valence-electron chi connectivity index (χ4n) is 12.8. The van der Waals surface area contributed by atoms with Crippen LogP contribution in [0.1, 0.15) is 145 Å². The van der Waals surface area contributed by atoms with Crippen LogP contribution >= 0.6 is 0 Å². The van der Waals surface area contributed by atoms with Crippen LogP contribution < -0.4 is 0 Å². The first-order valence-corrected chi connectivity index (χ1v) is 15.4. The van der Waals surface area contributed by atoms with E-state index in [9.17, 15) is 0 Å². The molecule has 5 rings (SSSR count). The van der Waals surface area contributed by atoms with Gasteiger partial charge in [-0.1, -0.05) is 81.1 Å². The highest BCUT2D eigenvalue weighted by Gasteiger charge is 2.70. The Morgan fingerprint density at radius 3 is 1.97 bits per heavy atom. The van der Waals surface area contributed by atoms with Crippen molar-refractivity contribution in [1.29, 1.82) is 0 Å². The molecule has 0 aliphatic heterocycles. The van der Waals surface area contributed by atoms with E-state index < -0.39 is 0 Å². The predicted molar refractivity (Wildman–Crippen MR) is 143 cm³/mol. The first-order valence-electron chi connectivity index (χ1n) is 15.4. The van der Waals surface area contributed by atoms with E-state index in [1.165, 1.54) is 77.0 Å². The smallest absolute Gasteiger partial charge is 0.0235 e. The number of fused-ring (bicyclic) bond motifs is 7. The summed E-state index contributed by atoms with van der Waals surface area (Å²) in [6, 6.07) is 0. The predicted octanol–water partition coefficient (Wildman–Crippen LogP) is 10.3. The zero-order chi connectivity index (χ0) is 23.9. The van der Waals surface area contributed by atoms with Gasteiger partial charge in [0.1, 0.15) is 0 Å². The van der Waals surface area contributed by atoms with E-state index >= 15 is 0 Å². The number of hydrogen-bond acceptors (Lipinski definition) is 0. The van der Waals surface area contributed by atoms with Crippen molar-refractivity contribution in [1.82, 2.24) is 0 Å². The zero-order valence-electron chi connectivity index (χ0n) is 23.9. The molecule has 0 aromatic carbocycles. The summed E-state index contributed by atoms with van der Waals surface area (Å²) in [4.78, 5) is 0. The summed E-state index contributed by atoms with van der Waals surface area (Å²) in [5.74, 6) is 5.88. The minimum atomic E-state index is 0.559. The summed E-state index contributed by atoms with van der Waals surface area (Å²) < 4.78 is 0. The van der Waals surface area contributed by atoms with E-state index in [4.69, 9.17) is 0 Å². The lowest BCUT2D eigenvalue weighted by atomic mass is 9.32. The van der Waals surface area contributed by atoms with E-state index in [1.807, 2.05) is 0 Å². The second-order valence-electron chi connectivity index (χ2n) is 15.9. The fourth-order valence-corrected chi connectivity index (χ4v) is 12.8. The Hall–Kier alpha value is 0. The number of unbranched alkanes of at least 4 members (excludes halogenated alkanes) is 1. The molecule has 0 heteroatoms. The van der Waals surface area contributed by atoms with Gasteiger partial charge in [0.15, 0.2) is 0 Å². The summed E-state index contributed by atoms with van der Waals surface area (Å²) >= 11 is 0. The summed E-state index contributed by atoms with van der Waals surface area (Å²) in [7, 11) is 0. The summed E-state index contributed by atoms with van der Waals surface area (Å²) in [6.45, 7) is 21.5. The topological polar surface area (TPSA) is 0 Å². The molecule has 190 valence electrons. The Morgan fingerprint density at radius 1 is 0.667 bits per heavy atom. The Balaban J connectivity index is 1.45. The van der Waals surface area contributed by atoms with Crippen LogP contribution in [0.25, 0.3) is 0 Å². The lowest BCUT2D eigenvalue weighted by molar-refractivity contribution is -0.241. The van der Waals surface area contributed by atoms with Gasteiger partial charge in [0.05, 0.1) is 0 Å². The second-order valence-corrected chi connectivity index (χ2v) is 15.9. The van der Waals surface area contributed by atoms with Crippen molar-refractivity contribution >= 4 is 0 Å². The van der Waals surface area contributed by atoms with E-state index in [-0.39, 0.29) is 0 Å². The van der Waals surface area contributed by atoms with Crippen molar-refractivity contribution in [2.75, 3.05) is 0 Å². The maximum absolute atomic E-state index is 2.83. The molecule has 0 amide bonds. The Labute approximate surface area is 207 Å². The van der Waals surface area contributed by atoms with Gasteiger partial charge in [0.2, 0.25) is 0 Å². The van der Waals surface area contributed by atoms with Crippen LogP contribution in [0.3, 0.4) is 0 Å². The van der Waals surface area contributed by atoms with Gasteiger partial charge < -0.3 is 0 Å². The first-order chi connectivity index (χ1) is 15.4. The molecule has 0 bridgehead atoms. The third kappa shape index (κ3) is 3.26. The summed E-state index contributed by atoms with van der Waals surface area (Å²) in [6.07, 6.45) is 21.0. The van der Waals surface area contributed by atoms with Crippen LogP contribution in [-0.2, 0) is 0 Å². The van der Waals surface area contributed by atoms with Crippen molar-refractivity contribution in [3.8, 4) is 0 Å². The molecule has 5 aliphatic carbocycles. The molecule has 0 saturated heterocycles. The molecule has 0 heterocycles. The van der Waals surface area contributed by atoms with Gasteiger partial charge >= 0.3 is 0 Å². The highest BCUT2D eigenvalue weighted by Crippen LogP contribution is 2.78. The molecule has 0 spiro atoms. The number of rotatable bonds is 4. The average Bonchev–Trinajstić information content (AvgIpc) is 3.09. The Morgan fingerprint density at radius 2 is 1.30 bits per heavy atom. The Kier molecular flexibility index (Phi) is 5.98. The first kappa shape index (κ1) is 24.7. The lowest BCUT2D eigenvalue weighted by Crippen LogP contribution is -2.65. The van der Waals surface area contributed by atoms with Gasteiger partial charge in [-0.15, -0.1) is 0 Å². The molecule has 33 heavy (non-hydrogen) atoms. The minimum Gasteiger partial charge on any atom is -0.0654 e. The van der Waals surface area contributed by atoms with Crippen LogP contribution in [-0.4, -0.2) is 0 Å². The van der Waals surface area contributed by atoms with Gasteiger partial charge in [0, 0.05) is 0 Å². The monoisotopic (exact) mass is 454 g/mol. The van der Waals surface area contributed by atoms with Gasteiger partial charge in [-0.05, 0) is 127 Å². The van der Waals surface area contributed by atoms with Crippen molar-refractivity contribution in [3.63, 3.8) is 0 Å². The van der Waals surface area contributed by atoms with Crippen LogP contribution in [0.4, 0.5) is 0 Å². The van der Waals surface area contributed by atoms with Crippen LogP contribution in [0.5, 0.6) is 0 Å². The van der Waals surface area contributed by atoms with Gasteiger partial charge in [-0.2, -0.15) is 0 Å². The third-order valence-electron chi connectivity index (χ3n) is 14.5. The van der Waals surface area contributed by atoms with Crippen molar-refractivity contribution in [2.45, 2.75) is 145 Å². The van der Waals surface area contributed by atoms with Gasteiger partial charge in [0.25, 0.3) is 0 Å². The molecule has 0 radical (unpaired) electrons. The summed E-state index contributed by atoms with van der Waals surface area (Å²) in [5, 5.41) is 0. The van der Waals surface area contributed by atoms with Crippen molar-refractivity contribution in [3.05, 3.63) is 0 Å². The highest BCUT2D eigenvalue weighted by molar-refractivity contribution is 5.19. The van der Waals surface area contributed by atoms with E-state index in [0.29, 0.717) is 27.1 Å². The van der Waals surface area contributed by atoms with E-state index in [2.05, 4.69) is 55.4 Å². The molecule has 5 fully saturated rings. The maximum atomic E-state index is 2.83. The molecule has 0 N–H and O–H groups in total. The van der Waals surface area contributed by atoms with E-state index in [1.54, 1.807) is 12.8 Å². The molecular weight excluding hydrogens is 396 g/mol. The molecule has 0 aromatic heterocycles. The SMILES string of the molecule is CCCCC(C)[C@@H]1CC[C@@]2(C)C1CCC1(C)C2CCC2C3(C)CCCC(C)(C)C3CCC21C. The molecular formula is C33H58. The minimum absolute atomic E-state index is 0.559. The summed E-state index contributed by atoms with van der Waals surface area (Å²) in [5.41, 5.74) is 2.90. The van der Waals surface area contributed by atoms with E-state index in [0.717, 1.165) is 35.5 Å².